The standard InChI is InChI=1S/C23H30N2O3/c1-14(2)24-20(26)13-28-22(27)21-16-8-6-7-9-18(16)25-19-11-10-15(12-17(19)21)23(3,4)5/h6-9,14-15H,10-13H2,1-5H3,(H,24,26)/t15-/m0/s1. The van der Waals surface area contributed by atoms with Crippen LogP contribution < -0.4 is 5.32 Å². The van der Waals surface area contributed by atoms with Crippen molar-refractivity contribution in [3.05, 3.63) is 41.1 Å². The Morgan fingerprint density at radius 1 is 1.25 bits per heavy atom. The minimum atomic E-state index is -0.441. The second-order valence-electron chi connectivity index (χ2n) is 9.03. The number of hydrogen-bond acceptors (Lipinski definition) is 4. The highest BCUT2D eigenvalue weighted by atomic mass is 16.5. The Kier molecular flexibility index (Phi) is 5.73. The van der Waals surface area contributed by atoms with Crippen LogP contribution in [-0.4, -0.2) is 29.5 Å². The second kappa shape index (κ2) is 7.90. The normalized spacial score (nSPS) is 16.7. The zero-order valence-electron chi connectivity index (χ0n) is 17.5. The number of aromatic nitrogens is 1. The summed E-state index contributed by atoms with van der Waals surface area (Å²) in [6, 6.07) is 7.67. The number of aryl methyl sites for hydroxylation is 1. The summed E-state index contributed by atoms with van der Waals surface area (Å²) < 4.78 is 5.41. The third-order valence-electron chi connectivity index (χ3n) is 5.47. The first-order chi connectivity index (χ1) is 13.2. The molecule has 0 spiro atoms. The molecule has 150 valence electrons. The number of para-hydroxylation sites is 1. The molecule has 1 atom stereocenters. The van der Waals surface area contributed by atoms with E-state index >= 15 is 0 Å². The van der Waals surface area contributed by atoms with Gasteiger partial charge in [0.05, 0.1) is 11.1 Å². The highest BCUT2D eigenvalue weighted by molar-refractivity contribution is 6.05. The Hall–Kier alpha value is -2.43. The number of nitrogens with one attached hydrogen (secondary N) is 1. The van der Waals surface area contributed by atoms with E-state index in [1.807, 2.05) is 38.1 Å². The molecule has 0 saturated heterocycles. The van der Waals surface area contributed by atoms with Crippen molar-refractivity contribution in [1.82, 2.24) is 10.3 Å². The molecule has 1 N–H and O–H groups in total. The van der Waals surface area contributed by atoms with E-state index in [-0.39, 0.29) is 24.0 Å². The van der Waals surface area contributed by atoms with E-state index in [0.29, 0.717) is 11.5 Å². The average molecular weight is 383 g/mol. The van der Waals surface area contributed by atoms with Crippen LogP contribution >= 0.6 is 0 Å². The molecule has 5 heteroatoms. The molecule has 0 radical (unpaired) electrons. The lowest BCUT2D eigenvalue weighted by molar-refractivity contribution is -0.124. The molecular formula is C23H30N2O3. The summed E-state index contributed by atoms with van der Waals surface area (Å²) >= 11 is 0. The monoisotopic (exact) mass is 382 g/mol. The maximum atomic E-state index is 13.0. The van der Waals surface area contributed by atoms with Crippen LogP contribution in [0.2, 0.25) is 0 Å². The van der Waals surface area contributed by atoms with E-state index in [0.717, 1.165) is 41.4 Å². The molecule has 0 bridgehead atoms. The van der Waals surface area contributed by atoms with Gasteiger partial charge in [0.1, 0.15) is 0 Å². The van der Waals surface area contributed by atoms with E-state index in [2.05, 4.69) is 26.1 Å². The first-order valence-electron chi connectivity index (χ1n) is 10.0. The van der Waals surface area contributed by atoms with Gasteiger partial charge in [-0.2, -0.15) is 0 Å². The van der Waals surface area contributed by atoms with Gasteiger partial charge in [-0.05, 0) is 56.1 Å². The molecule has 0 saturated carbocycles. The van der Waals surface area contributed by atoms with E-state index in [1.165, 1.54) is 0 Å². The van der Waals surface area contributed by atoms with Crippen LogP contribution in [0, 0.1) is 11.3 Å². The maximum Gasteiger partial charge on any atom is 0.339 e. The number of rotatable bonds is 4. The fourth-order valence-electron chi connectivity index (χ4n) is 3.93. The molecule has 1 aliphatic rings. The molecule has 5 nitrogen and oxygen atoms in total. The third-order valence-corrected chi connectivity index (χ3v) is 5.47. The molecule has 1 amide bonds. The zero-order chi connectivity index (χ0) is 20.5. The molecule has 1 aromatic carbocycles. The minimum absolute atomic E-state index is 0.00765. The van der Waals surface area contributed by atoms with Gasteiger partial charge in [0.25, 0.3) is 5.91 Å². The van der Waals surface area contributed by atoms with E-state index in [1.54, 1.807) is 0 Å². The fourth-order valence-corrected chi connectivity index (χ4v) is 3.93. The van der Waals surface area contributed by atoms with E-state index in [9.17, 15) is 9.59 Å². The molecule has 1 aliphatic carbocycles. The molecule has 2 aromatic rings. The first-order valence-corrected chi connectivity index (χ1v) is 10.0. The van der Waals surface area contributed by atoms with Gasteiger partial charge in [-0.15, -0.1) is 0 Å². The Morgan fingerprint density at radius 2 is 1.96 bits per heavy atom. The molecule has 1 aromatic heterocycles. The third kappa shape index (κ3) is 4.34. The van der Waals surface area contributed by atoms with Gasteiger partial charge in [-0.25, -0.2) is 4.79 Å². The Morgan fingerprint density at radius 3 is 2.64 bits per heavy atom. The van der Waals surface area contributed by atoms with Crippen molar-refractivity contribution in [3.8, 4) is 0 Å². The summed E-state index contributed by atoms with van der Waals surface area (Å²) in [6.07, 6.45) is 2.72. The number of ether oxygens (including phenoxy) is 1. The smallest absolute Gasteiger partial charge is 0.339 e. The Labute approximate surface area is 166 Å². The van der Waals surface area contributed by atoms with Crippen molar-refractivity contribution < 1.29 is 14.3 Å². The number of esters is 1. The van der Waals surface area contributed by atoms with Gasteiger partial charge in [0, 0.05) is 17.1 Å². The summed E-state index contributed by atoms with van der Waals surface area (Å²) in [5.74, 6) is -0.259. The number of hydrogen-bond donors (Lipinski definition) is 1. The van der Waals surface area contributed by atoms with Crippen LogP contribution in [0.5, 0.6) is 0 Å². The number of nitrogens with zero attached hydrogens (tertiary/aromatic N) is 1. The van der Waals surface area contributed by atoms with Crippen LogP contribution in [0.4, 0.5) is 0 Å². The van der Waals surface area contributed by atoms with Crippen LogP contribution in [0.25, 0.3) is 10.9 Å². The van der Waals surface area contributed by atoms with Gasteiger partial charge < -0.3 is 10.1 Å². The summed E-state index contributed by atoms with van der Waals surface area (Å²) in [5.41, 5.74) is 3.50. The lowest BCUT2D eigenvalue weighted by atomic mass is 9.70. The average Bonchev–Trinajstić information content (AvgIpc) is 2.62. The summed E-state index contributed by atoms with van der Waals surface area (Å²) in [4.78, 5) is 29.8. The highest BCUT2D eigenvalue weighted by Crippen LogP contribution is 2.39. The minimum Gasteiger partial charge on any atom is -0.452 e. The second-order valence-corrected chi connectivity index (χ2v) is 9.03. The molecule has 3 rings (SSSR count). The van der Waals surface area contributed by atoms with Gasteiger partial charge >= 0.3 is 5.97 Å². The van der Waals surface area contributed by atoms with Crippen molar-refractivity contribution in [1.29, 1.82) is 0 Å². The van der Waals surface area contributed by atoms with Crippen molar-refractivity contribution in [2.75, 3.05) is 6.61 Å². The number of carbonyl (C=O) groups excluding carboxylic acids is 2. The Bertz CT molecular complexity index is 897. The van der Waals surface area contributed by atoms with Crippen molar-refractivity contribution >= 4 is 22.8 Å². The zero-order valence-corrected chi connectivity index (χ0v) is 17.5. The van der Waals surface area contributed by atoms with Crippen molar-refractivity contribution in [2.45, 2.75) is 59.9 Å². The van der Waals surface area contributed by atoms with E-state index < -0.39 is 5.97 Å². The lowest BCUT2D eigenvalue weighted by Crippen LogP contribution is -2.34. The lowest BCUT2D eigenvalue weighted by Gasteiger charge is -2.35. The van der Waals surface area contributed by atoms with Crippen molar-refractivity contribution in [3.63, 3.8) is 0 Å². The predicted molar refractivity (Wildman–Crippen MR) is 110 cm³/mol. The number of fused-ring (bicyclic) bond motifs is 2. The largest absolute Gasteiger partial charge is 0.452 e. The number of benzene rings is 1. The fraction of sp³-hybridized carbons (Fsp3) is 0.522. The van der Waals surface area contributed by atoms with Crippen LogP contribution in [0.15, 0.2) is 24.3 Å². The Balaban J connectivity index is 1.98. The topological polar surface area (TPSA) is 68.3 Å². The summed E-state index contributed by atoms with van der Waals surface area (Å²) in [7, 11) is 0. The van der Waals surface area contributed by atoms with Gasteiger partial charge in [0.2, 0.25) is 0 Å². The number of carbonyl (C=O) groups is 2. The van der Waals surface area contributed by atoms with Gasteiger partial charge in [-0.3, -0.25) is 9.78 Å². The number of pyridine rings is 1. The number of amides is 1. The molecule has 28 heavy (non-hydrogen) atoms. The summed E-state index contributed by atoms with van der Waals surface area (Å²) in [6.45, 7) is 10.2. The molecule has 0 aliphatic heterocycles. The SMILES string of the molecule is CC(C)NC(=O)COC(=O)c1c2c(nc3ccccc13)CC[C@H](C(C)(C)C)C2. The first kappa shape index (κ1) is 20.3. The highest BCUT2D eigenvalue weighted by Gasteiger charge is 2.33. The van der Waals surface area contributed by atoms with Crippen molar-refractivity contribution in [2.24, 2.45) is 11.3 Å². The van der Waals surface area contributed by atoms with E-state index in [4.69, 9.17) is 9.72 Å². The van der Waals surface area contributed by atoms with Crippen LogP contribution in [-0.2, 0) is 22.4 Å². The summed E-state index contributed by atoms with van der Waals surface area (Å²) in [5, 5.41) is 3.54. The quantitative estimate of drug-likeness (QED) is 0.810. The van der Waals surface area contributed by atoms with Gasteiger partial charge in [0.15, 0.2) is 6.61 Å². The van der Waals surface area contributed by atoms with Gasteiger partial charge in [-0.1, -0.05) is 39.0 Å². The molecular weight excluding hydrogens is 352 g/mol. The molecule has 0 unspecified atom stereocenters. The van der Waals surface area contributed by atoms with Crippen LogP contribution in [0.3, 0.4) is 0 Å². The molecule has 1 heterocycles. The van der Waals surface area contributed by atoms with Crippen LogP contribution in [0.1, 0.15) is 62.7 Å². The maximum absolute atomic E-state index is 13.0. The molecule has 0 fully saturated rings. The predicted octanol–water partition coefficient (Wildman–Crippen LogP) is 4.07.